The second kappa shape index (κ2) is 9.19. The SMILES string of the molecule is C=C(N)c1c(C)c(C)c(-c2ccccc2-c2ccc(-c3cc(C(C)(C)C)ccn3)cc2)c(C)c1C. The van der Waals surface area contributed by atoms with Gasteiger partial charge in [0.2, 0.25) is 0 Å². The lowest BCUT2D eigenvalue weighted by molar-refractivity contribution is 0.589. The monoisotopic (exact) mass is 460 g/mol. The minimum atomic E-state index is 0.0916. The van der Waals surface area contributed by atoms with Gasteiger partial charge in [-0.15, -0.1) is 0 Å². The van der Waals surface area contributed by atoms with Crippen molar-refractivity contribution in [3.63, 3.8) is 0 Å². The molecule has 0 atom stereocenters. The third-order valence-corrected chi connectivity index (χ3v) is 7.26. The molecule has 4 rings (SSSR count). The Balaban J connectivity index is 1.82. The van der Waals surface area contributed by atoms with Crippen LogP contribution >= 0.6 is 0 Å². The summed E-state index contributed by atoms with van der Waals surface area (Å²) in [6.07, 6.45) is 1.91. The van der Waals surface area contributed by atoms with Crippen molar-refractivity contribution in [2.24, 2.45) is 5.73 Å². The summed E-state index contributed by atoms with van der Waals surface area (Å²) in [5, 5.41) is 0. The zero-order chi connectivity index (χ0) is 25.5. The minimum Gasteiger partial charge on any atom is -0.399 e. The highest BCUT2D eigenvalue weighted by molar-refractivity contribution is 5.89. The highest BCUT2D eigenvalue weighted by Crippen LogP contribution is 2.40. The molecule has 0 bridgehead atoms. The zero-order valence-corrected chi connectivity index (χ0v) is 22.1. The van der Waals surface area contributed by atoms with Gasteiger partial charge < -0.3 is 5.73 Å². The van der Waals surface area contributed by atoms with Crippen LogP contribution in [-0.2, 0) is 5.41 Å². The van der Waals surface area contributed by atoms with Gasteiger partial charge in [-0.1, -0.05) is 75.9 Å². The molecule has 2 nitrogen and oxygen atoms in total. The van der Waals surface area contributed by atoms with Crippen LogP contribution in [0.2, 0.25) is 0 Å². The first kappa shape index (κ1) is 24.5. The van der Waals surface area contributed by atoms with Crippen molar-refractivity contribution >= 4 is 5.70 Å². The zero-order valence-electron chi connectivity index (χ0n) is 22.1. The fourth-order valence-electron chi connectivity index (χ4n) is 5.03. The predicted octanol–water partition coefficient (Wildman–Crippen LogP) is 8.54. The van der Waals surface area contributed by atoms with Gasteiger partial charge in [0, 0.05) is 23.0 Å². The van der Waals surface area contributed by atoms with Crippen LogP contribution < -0.4 is 5.73 Å². The molecule has 0 aliphatic rings. The summed E-state index contributed by atoms with van der Waals surface area (Å²) in [7, 11) is 0. The van der Waals surface area contributed by atoms with E-state index in [0.29, 0.717) is 5.70 Å². The summed E-state index contributed by atoms with van der Waals surface area (Å²) in [5.41, 5.74) is 21.2. The Morgan fingerprint density at radius 1 is 0.743 bits per heavy atom. The maximum Gasteiger partial charge on any atom is 0.0704 e. The van der Waals surface area contributed by atoms with Crippen molar-refractivity contribution < 1.29 is 0 Å². The fourth-order valence-corrected chi connectivity index (χ4v) is 5.03. The molecule has 4 aromatic rings. The van der Waals surface area contributed by atoms with Crippen LogP contribution in [0.15, 0.2) is 73.4 Å². The van der Waals surface area contributed by atoms with E-state index in [4.69, 9.17) is 5.73 Å². The molecule has 2 heteroatoms. The molecule has 0 aliphatic carbocycles. The molecule has 0 fully saturated rings. The lowest BCUT2D eigenvalue weighted by Gasteiger charge is -2.22. The number of aromatic nitrogens is 1. The Labute approximate surface area is 210 Å². The predicted molar refractivity (Wildman–Crippen MR) is 151 cm³/mol. The van der Waals surface area contributed by atoms with Crippen molar-refractivity contribution in [2.45, 2.75) is 53.9 Å². The molecule has 0 unspecified atom stereocenters. The third kappa shape index (κ3) is 4.53. The molecule has 0 aliphatic heterocycles. The highest BCUT2D eigenvalue weighted by Gasteiger charge is 2.19. The van der Waals surface area contributed by atoms with E-state index in [1.165, 1.54) is 50.1 Å². The van der Waals surface area contributed by atoms with Crippen LogP contribution in [-0.4, -0.2) is 4.98 Å². The molecule has 0 radical (unpaired) electrons. The molecule has 0 amide bonds. The van der Waals surface area contributed by atoms with E-state index < -0.39 is 0 Å². The molecule has 178 valence electrons. The standard InChI is InChI=1S/C33H36N2/c1-20-22(3)32(23(4)21(2)31(20)24(5)34)29-12-10-9-11-28(29)25-13-15-26(16-14-25)30-19-27(17-18-35-30)33(6,7)8/h9-19H,5,34H2,1-4,6-8H3. The van der Waals surface area contributed by atoms with Gasteiger partial charge in [-0.3, -0.25) is 4.98 Å². The highest BCUT2D eigenvalue weighted by atomic mass is 14.7. The van der Waals surface area contributed by atoms with Crippen molar-refractivity contribution in [1.82, 2.24) is 4.98 Å². The van der Waals surface area contributed by atoms with Crippen LogP contribution in [0.4, 0.5) is 0 Å². The van der Waals surface area contributed by atoms with Crippen molar-refractivity contribution in [2.75, 3.05) is 0 Å². The number of pyridine rings is 1. The summed E-state index contributed by atoms with van der Waals surface area (Å²) in [6.45, 7) is 19.4. The van der Waals surface area contributed by atoms with E-state index in [1.54, 1.807) is 0 Å². The Hall–Kier alpha value is -3.65. The van der Waals surface area contributed by atoms with Crippen molar-refractivity contribution in [3.8, 4) is 33.5 Å². The molecular weight excluding hydrogens is 424 g/mol. The van der Waals surface area contributed by atoms with Crippen molar-refractivity contribution in [1.29, 1.82) is 0 Å². The molecular formula is C33H36N2. The van der Waals surface area contributed by atoms with Gasteiger partial charge in [-0.25, -0.2) is 0 Å². The summed E-state index contributed by atoms with van der Waals surface area (Å²) in [6, 6.07) is 21.8. The maximum atomic E-state index is 6.16. The van der Waals surface area contributed by atoms with Gasteiger partial charge in [0.1, 0.15) is 0 Å². The molecule has 1 aromatic heterocycles. The lowest BCUT2D eigenvalue weighted by Crippen LogP contribution is -2.11. The summed E-state index contributed by atoms with van der Waals surface area (Å²) in [5.74, 6) is 0. The lowest BCUT2D eigenvalue weighted by atomic mass is 9.82. The topological polar surface area (TPSA) is 38.9 Å². The Bertz CT molecular complexity index is 1390. The van der Waals surface area contributed by atoms with Gasteiger partial charge >= 0.3 is 0 Å². The largest absolute Gasteiger partial charge is 0.399 e. The molecule has 0 spiro atoms. The Morgan fingerprint density at radius 2 is 1.29 bits per heavy atom. The van der Waals surface area contributed by atoms with E-state index >= 15 is 0 Å². The number of rotatable bonds is 4. The van der Waals surface area contributed by atoms with E-state index in [2.05, 4.69) is 121 Å². The molecule has 2 N–H and O–H groups in total. The van der Waals surface area contributed by atoms with Crippen LogP contribution in [0.1, 0.15) is 54.2 Å². The van der Waals surface area contributed by atoms with Crippen LogP contribution in [0.3, 0.4) is 0 Å². The minimum absolute atomic E-state index is 0.0916. The normalized spacial score (nSPS) is 11.5. The number of benzene rings is 3. The molecule has 0 saturated heterocycles. The number of nitrogens with two attached hydrogens (primary N) is 1. The first-order chi connectivity index (χ1) is 16.5. The second-order valence-corrected chi connectivity index (χ2v) is 10.6. The van der Waals surface area contributed by atoms with E-state index in [1.807, 2.05) is 6.20 Å². The maximum absolute atomic E-state index is 6.16. The van der Waals surface area contributed by atoms with Crippen LogP contribution in [0.25, 0.3) is 39.2 Å². The van der Waals surface area contributed by atoms with Gasteiger partial charge in [0.25, 0.3) is 0 Å². The van der Waals surface area contributed by atoms with Gasteiger partial charge in [-0.2, -0.15) is 0 Å². The first-order valence-corrected chi connectivity index (χ1v) is 12.2. The fraction of sp³-hybridized carbons (Fsp3) is 0.242. The van der Waals surface area contributed by atoms with Crippen molar-refractivity contribution in [3.05, 3.63) is 107 Å². The number of hydrogen-bond acceptors (Lipinski definition) is 2. The number of nitrogens with zero attached hydrogens (tertiary/aromatic N) is 1. The van der Waals surface area contributed by atoms with E-state index in [0.717, 1.165) is 16.8 Å². The summed E-state index contributed by atoms with van der Waals surface area (Å²) < 4.78 is 0. The molecule has 3 aromatic carbocycles. The third-order valence-electron chi connectivity index (χ3n) is 7.26. The average molecular weight is 461 g/mol. The Kier molecular flexibility index (Phi) is 6.42. The van der Waals surface area contributed by atoms with Gasteiger partial charge in [-0.05, 0) is 95.3 Å². The molecule has 1 heterocycles. The van der Waals surface area contributed by atoms with Gasteiger partial charge in [0.15, 0.2) is 0 Å². The Morgan fingerprint density at radius 3 is 1.83 bits per heavy atom. The average Bonchev–Trinajstić information content (AvgIpc) is 2.83. The summed E-state index contributed by atoms with van der Waals surface area (Å²) in [4.78, 5) is 4.64. The van der Waals surface area contributed by atoms with Crippen LogP contribution in [0.5, 0.6) is 0 Å². The number of hydrogen-bond donors (Lipinski definition) is 1. The first-order valence-electron chi connectivity index (χ1n) is 12.2. The van der Waals surface area contributed by atoms with Crippen LogP contribution in [0, 0.1) is 27.7 Å². The smallest absolute Gasteiger partial charge is 0.0704 e. The van der Waals surface area contributed by atoms with E-state index in [9.17, 15) is 0 Å². The van der Waals surface area contributed by atoms with Gasteiger partial charge in [0.05, 0.1) is 5.69 Å². The summed E-state index contributed by atoms with van der Waals surface area (Å²) >= 11 is 0. The van der Waals surface area contributed by atoms with E-state index in [-0.39, 0.29) is 5.41 Å². The molecule has 0 saturated carbocycles. The molecule has 35 heavy (non-hydrogen) atoms. The second-order valence-electron chi connectivity index (χ2n) is 10.6. The quantitative estimate of drug-likeness (QED) is 0.331.